The van der Waals surface area contributed by atoms with E-state index in [9.17, 15) is 9.18 Å². The third-order valence-electron chi connectivity index (χ3n) is 1.62. The third kappa shape index (κ3) is 2.34. The highest BCUT2D eigenvalue weighted by Gasteiger charge is 2.26. The number of rotatable bonds is 1. The highest BCUT2D eigenvalue weighted by molar-refractivity contribution is 5.64. The quantitative estimate of drug-likeness (QED) is 0.560. The number of ether oxygens (including phenoxy) is 1. The third-order valence-corrected chi connectivity index (χ3v) is 1.62. The number of nitrogens with one attached hydrogen (secondary N) is 1. The summed E-state index contributed by atoms with van der Waals surface area (Å²) in [6.45, 7) is 0.899. The van der Waals surface area contributed by atoms with E-state index in [1.54, 1.807) is 0 Å². The molecule has 1 saturated heterocycles. The Bertz CT molecular complexity index is 154. The molecule has 0 bridgehead atoms. The van der Waals surface area contributed by atoms with Crippen molar-refractivity contribution in [2.24, 2.45) is 5.73 Å². The predicted octanol–water partition coefficient (Wildman–Crippen LogP) is -0.218. The molecule has 3 N–H and O–H groups in total. The molecule has 4 nitrogen and oxygen atoms in total. The first-order chi connectivity index (χ1) is 5.20. The van der Waals surface area contributed by atoms with Crippen molar-refractivity contribution in [3.8, 4) is 0 Å². The number of nitrogens with two attached hydrogens (primary N) is 1. The first-order valence-electron chi connectivity index (χ1n) is 3.51. The molecule has 0 spiro atoms. The van der Waals surface area contributed by atoms with Crippen LogP contribution in [0.25, 0.3) is 0 Å². The lowest BCUT2D eigenvalue weighted by molar-refractivity contribution is 0.0318. The van der Waals surface area contributed by atoms with Gasteiger partial charge >= 0.3 is 6.09 Å². The van der Waals surface area contributed by atoms with Crippen LogP contribution in [0, 0.1) is 0 Å². The van der Waals surface area contributed by atoms with Crippen molar-refractivity contribution in [1.82, 2.24) is 5.32 Å². The summed E-state index contributed by atoms with van der Waals surface area (Å²) in [5.74, 6) is 0. The van der Waals surface area contributed by atoms with Crippen LogP contribution in [0.15, 0.2) is 0 Å². The van der Waals surface area contributed by atoms with E-state index < -0.39 is 18.4 Å². The van der Waals surface area contributed by atoms with Gasteiger partial charge in [-0.2, -0.15) is 0 Å². The molecule has 1 heterocycles. The van der Waals surface area contributed by atoms with Crippen LogP contribution in [-0.4, -0.2) is 31.5 Å². The Labute approximate surface area is 63.9 Å². The molecular weight excluding hydrogens is 151 g/mol. The average Bonchev–Trinajstić information content (AvgIpc) is 1.93. The van der Waals surface area contributed by atoms with Crippen LogP contribution in [-0.2, 0) is 4.74 Å². The van der Waals surface area contributed by atoms with E-state index in [1.807, 2.05) is 0 Å². The zero-order valence-electron chi connectivity index (χ0n) is 6.05. The summed E-state index contributed by atoms with van der Waals surface area (Å²) in [6.07, 6.45) is -2.20. The minimum absolute atomic E-state index is 0.234. The Morgan fingerprint density at radius 3 is 3.00 bits per heavy atom. The Kier molecular flexibility index (Phi) is 2.64. The summed E-state index contributed by atoms with van der Waals surface area (Å²) in [7, 11) is 0. The number of primary amides is 1. The molecule has 2 unspecified atom stereocenters. The van der Waals surface area contributed by atoms with Crippen molar-refractivity contribution in [1.29, 1.82) is 0 Å². The summed E-state index contributed by atoms with van der Waals surface area (Å²) in [6, 6.07) is 0. The zero-order chi connectivity index (χ0) is 8.27. The standard InChI is InChI=1S/C6H11FN2O2/c7-4-3-9-2-1-5(4)11-6(8)10/h4-5,9H,1-3H2,(H2,8,10). The molecule has 2 atom stereocenters. The van der Waals surface area contributed by atoms with Gasteiger partial charge in [0.25, 0.3) is 0 Å². The van der Waals surface area contributed by atoms with Crippen LogP contribution in [0.3, 0.4) is 0 Å². The molecular formula is C6H11FN2O2. The monoisotopic (exact) mass is 162 g/mol. The van der Waals surface area contributed by atoms with Crippen LogP contribution in [0.2, 0.25) is 0 Å². The first kappa shape index (κ1) is 8.26. The summed E-state index contributed by atoms with van der Waals surface area (Å²) >= 11 is 0. The predicted molar refractivity (Wildman–Crippen MR) is 36.8 cm³/mol. The number of carbonyl (C=O) groups is 1. The highest BCUT2D eigenvalue weighted by atomic mass is 19.1. The van der Waals surface area contributed by atoms with E-state index >= 15 is 0 Å². The van der Waals surface area contributed by atoms with Crippen LogP contribution >= 0.6 is 0 Å². The minimum Gasteiger partial charge on any atom is -0.443 e. The molecule has 0 radical (unpaired) electrons. The molecule has 0 saturated carbocycles. The lowest BCUT2D eigenvalue weighted by Gasteiger charge is -2.25. The van der Waals surface area contributed by atoms with Gasteiger partial charge in [0.15, 0.2) is 0 Å². The fourth-order valence-corrected chi connectivity index (χ4v) is 1.08. The lowest BCUT2D eigenvalue weighted by atomic mass is 10.1. The minimum atomic E-state index is -1.13. The number of amides is 1. The first-order valence-corrected chi connectivity index (χ1v) is 3.51. The van der Waals surface area contributed by atoms with Gasteiger partial charge in [0.05, 0.1) is 0 Å². The van der Waals surface area contributed by atoms with Crippen LogP contribution in [0.4, 0.5) is 9.18 Å². The van der Waals surface area contributed by atoms with Crippen LogP contribution in [0.1, 0.15) is 6.42 Å². The molecule has 1 fully saturated rings. The topological polar surface area (TPSA) is 64.4 Å². The molecule has 0 aromatic carbocycles. The van der Waals surface area contributed by atoms with Crippen molar-refractivity contribution in [3.63, 3.8) is 0 Å². The second kappa shape index (κ2) is 3.52. The second-order valence-corrected chi connectivity index (χ2v) is 2.48. The van der Waals surface area contributed by atoms with E-state index in [0.717, 1.165) is 0 Å². The largest absolute Gasteiger partial charge is 0.443 e. The van der Waals surface area contributed by atoms with E-state index in [4.69, 9.17) is 5.73 Å². The second-order valence-electron chi connectivity index (χ2n) is 2.48. The van der Waals surface area contributed by atoms with Crippen molar-refractivity contribution in [2.45, 2.75) is 18.7 Å². The summed E-state index contributed by atoms with van der Waals surface area (Å²) in [5.41, 5.74) is 4.74. The zero-order valence-corrected chi connectivity index (χ0v) is 6.05. The molecule has 11 heavy (non-hydrogen) atoms. The fraction of sp³-hybridized carbons (Fsp3) is 0.833. The summed E-state index contributed by atoms with van der Waals surface area (Å²) in [4.78, 5) is 10.2. The normalized spacial score (nSPS) is 31.4. The van der Waals surface area contributed by atoms with Crippen molar-refractivity contribution in [3.05, 3.63) is 0 Å². The van der Waals surface area contributed by atoms with Gasteiger partial charge < -0.3 is 15.8 Å². The number of halogens is 1. The number of alkyl halides is 1. The van der Waals surface area contributed by atoms with E-state index in [-0.39, 0.29) is 6.54 Å². The van der Waals surface area contributed by atoms with E-state index in [0.29, 0.717) is 13.0 Å². The Morgan fingerprint density at radius 1 is 1.73 bits per heavy atom. The van der Waals surface area contributed by atoms with Crippen molar-refractivity contribution >= 4 is 6.09 Å². The smallest absolute Gasteiger partial charge is 0.404 e. The van der Waals surface area contributed by atoms with E-state index in [2.05, 4.69) is 10.1 Å². The molecule has 0 aromatic rings. The number of carbonyl (C=O) groups excluding carboxylic acids is 1. The molecule has 0 aromatic heterocycles. The Morgan fingerprint density at radius 2 is 2.45 bits per heavy atom. The fourth-order valence-electron chi connectivity index (χ4n) is 1.08. The maximum atomic E-state index is 12.8. The summed E-state index contributed by atoms with van der Waals surface area (Å²) < 4.78 is 17.3. The van der Waals surface area contributed by atoms with Crippen molar-refractivity contribution in [2.75, 3.05) is 13.1 Å². The number of piperidine rings is 1. The molecule has 64 valence electrons. The lowest BCUT2D eigenvalue weighted by Crippen LogP contribution is -2.44. The van der Waals surface area contributed by atoms with Gasteiger partial charge in [0, 0.05) is 6.54 Å². The highest BCUT2D eigenvalue weighted by Crippen LogP contribution is 2.10. The molecule has 1 aliphatic rings. The van der Waals surface area contributed by atoms with Gasteiger partial charge in [-0.3, -0.25) is 0 Å². The maximum Gasteiger partial charge on any atom is 0.404 e. The van der Waals surface area contributed by atoms with Gasteiger partial charge in [0.1, 0.15) is 12.3 Å². The summed E-state index contributed by atoms with van der Waals surface area (Å²) in [5, 5.41) is 2.83. The van der Waals surface area contributed by atoms with Gasteiger partial charge in [-0.25, -0.2) is 9.18 Å². The van der Waals surface area contributed by atoms with Gasteiger partial charge in [-0.1, -0.05) is 0 Å². The van der Waals surface area contributed by atoms with Gasteiger partial charge in [-0.15, -0.1) is 0 Å². The van der Waals surface area contributed by atoms with Gasteiger partial charge in [-0.05, 0) is 13.0 Å². The van der Waals surface area contributed by atoms with Crippen LogP contribution in [0.5, 0.6) is 0 Å². The molecule has 1 aliphatic heterocycles. The van der Waals surface area contributed by atoms with Gasteiger partial charge in [0.2, 0.25) is 0 Å². The average molecular weight is 162 g/mol. The SMILES string of the molecule is NC(=O)OC1CCNCC1F. The molecule has 5 heteroatoms. The number of hydrogen-bond acceptors (Lipinski definition) is 3. The Hall–Kier alpha value is -0.840. The Balaban J connectivity index is 2.35. The molecule has 0 aliphatic carbocycles. The maximum absolute atomic E-state index is 12.8. The van der Waals surface area contributed by atoms with E-state index in [1.165, 1.54) is 0 Å². The number of hydrogen-bond donors (Lipinski definition) is 2. The molecule has 1 rings (SSSR count). The van der Waals surface area contributed by atoms with Crippen LogP contribution < -0.4 is 11.1 Å². The van der Waals surface area contributed by atoms with Crippen molar-refractivity contribution < 1.29 is 13.9 Å². The molecule has 1 amide bonds.